The van der Waals surface area contributed by atoms with Gasteiger partial charge in [0, 0.05) is 50.3 Å². The second-order valence-corrected chi connectivity index (χ2v) is 10.4. The number of aliphatic hydroxyl groups is 2. The second-order valence-electron chi connectivity index (χ2n) is 10.4. The third-order valence-corrected chi connectivity index (χ3v) is 7.74. The molecule has 39 heavy (non-hydrogen) atoms. The predicted octanol–water partition coefficient (Wildman–Crippen LogP) is 4.69. The Morgan fingerprint density at radius 1 is 1.08 bits per heavy atom. The van der Waals surface area contributed by atoms with Crippen LogP contribution >= 0.6 is 0 Å². The minimum Gasteiger partial charge on any atom is -0.497 e. The van der Waals surface area contributed by atoms with Crippen molar-refractivity contribution in [2.75, 3.05) is 59.0 Å². The van der Waals surface area contributed by atoms with Crippen LogP contribution in [0.5, 0.6) is 11.5 Å². The van der Waals surface area contributed by atoms with Crippen molar-refractivity contribution >= 4 is 16.6 Å². The van der Waals surface area contributed by atoms with Gasteiger partial charge in [0.05, 0.1) is 30.6 Å². The molecule has 2 N–H and O–H groups in total. The van der Waals surface area contributed by atoms with E-state index >= 15 is 0 Å². The molecule has 1 aliphatic heterocycles. The molecule has 7 nitrogen and oxygen atoms in total. The lowest BCUT2D eigenvalue weighted by molar-refractivity contribution is 0.0205. The standard InChI is InChI=1S/C29H36F3N3O4/c1-34(2)25-17-33-24-5-4-19(38-3)14-21(24)27(25)26(37)6-7-29(18-36)8-10-35(11-9-29)12-13-39-20-15-22(30)28(32)23(31)16-20/h4-5,14-17,26,36-37H,6-13,18H2,1-3H3/t26-/m0/s1. The zero-order valence-corrected chi connectivity index (χ0v) is 22.6. The summed E-state index contributed by atoms with van der Waals surface area (Å²) in [5.41, 5.74) is 2.08. The number of methoxy groups -OCH3 is 1. The van der Waals surface area contributed by atoms with Gasteiger partial charge in [-0.25, -0.2) is 13.2 Å². The van der Waals surface area contributed by atoms with Gasteiger partial charge in [0.1, 0.15) is 18.1 Å². The SMILES string of the molecule is COc1ccc2ncc(N(C)C)c([C@@H](O)CCC3(CO)CCN(CCOc4cc(F)c(F)c(F)c4)CC3)c2c1. The van der Waals surface area contributed by atoms with Gasteiger partial charge in [-0.15, -0.1) is 0 Å². The number of anilines is 1. The molecule has 0 spiro atoms. The van der Waals surface area contributed by atoms with Gasteiger partial charge in [-0.1, -0.05) is 0 Å². The monoisotopic (exact) mass is 547 g/mol. The van der Waals surface area contributed by atoms with Crippen molar-refractivity contribution in [3.8, 4) is 11.5 Å². The number of pyridine rings is 1. The number of rotatable bonds is 11. The number of likely N-dealkylation sites (tertiary alicyclic amines) is 1. The van der Waals surface area contributed by atoms with E-state index in [9.17, 15) is 23.4 Å². The molecule has 10 heteroatoms. The molecule has 0 bridgehead atoms. The zero-order chi connectivity index (χ0) is 28.2. The highest BCUT2D eigenvalue weighted by Crippen LogP contribution is 2.41. The van der Waals surface area contributed by atoms with Gasteiger partial charge >= 0.3 is 0 Å². The Morgan fingerprint density at radius 2 is 1.77 bits per heavy atom. The number of benzene rings is 2. The van der Waals surface area contributed by atoms with Crippen LogP contribution in [-0.2, 0) is 0 Å². The Kier molecular flexibility index (Phi) is 9.19. The van der Waals surface area contributed by atoms with Crippen molar-refractivity contribution in [1.82, 2.24) is 9.88 Å². The summed E-state index contributed by atoms with van der Waals surface area (Å²) >= 11 is 0. The Morgan fingerprint density at radius 3 is 2.38 bits per heavy atom. The van der Waals surface area contributed by atoms with E-state index in [2.05, 4.69) is 9.88 Å². The largest absolute Gasteiger partial charge is 0.497 e. The quantitative estimate of drug-likeness (QED) is 0.337. The fourth-order valence-electron chi connectivity index (χ4n) is 5.25. The van der Waals surface area contributed by atoms with Gasteiger partial charge in [-0.3, -0.25) is 9.88 Å². The molecule has 1 aromatic heterocycles. The fraction of sp³-hybridized carbons (Fsp3) is 0.483. The van der Waals surface area contributed by atoms with Crippen LogP contribution in [0.25, 0.3) is 10.9 Å². The molecule has 0 amide bonds. The molecule has 4 rings (SSSR count). The summed E-state index contributed by atoms with van der Waals surface area (Å²) in [6, 6.07) is 7.28. The molecule has 2 heterocycles. The maximum Gasteiger partial charge on any atom is 0.194 e. The average molecular weight is 548 g/mol. The van der Waals surface area contributed by atoms with Gasteiger partial charge < -0.3 is 24.6 Å². The van der Waals surface area contributed by atoms with E-state index in [0.717, 1.165) is 47.1 Å². The number of fused-ring (bicyclic) bond motifs is 1. The molecule has 0 aliphatic carbocycles. The minimum atomic E-state index is -1.52. The average Bonchev–Trinajstić information content (AvgIpc) is 2.94. The number of halogens is 3. The number of aliphatic hydroxyl groups excluding tert-OH is 2. The summed E-state index contributed by atoms with van der Waals surface area (Å²) in [4.78, 5) is 8.64. The Balaban J connectivity index is 1.37. The normalized spacial score (nSPS) is 16.3. The summed E-state index contributed by atoms with van der Waals surface area (Å²) in [6.45, 7) is 2.17. The molecule has 1 atom stereocenters. The lowest BCUT2D eigenvalue weighted by Gasteiger charge is -2.41. The van der Waals surface area contributed by atoms with Crippen molar-refractivity contribution in [3.05, 3.63) is 59.5 Å². The van der Waals surface area contributed by atoms with E-state index in [-0.39, 0.29) is 24.4 Å². The van der Waals surface area contributed by atoms with Crippen molar-refractivity contribution in [2.45, 2.75) is 31.8 Å². The topological polar surface area (TPSA) is 78.3 Å². The molecule has 0 unspecified atom stereocenters. The van der Waals surface area contributed by atoms with Gasteiger partial charge in [-0.05, 0) is 62.4 Å². The minimum absolute atomic E-state index is 0.0175. The maximum absolute atomic E-state index is 13.4. The van der Waals surface area contributed by atoms with E-state index < -0.39 is 23.6 Å². The molecule has 0 radical (unpaired) electrons. The fourth-order valence-corrected chi connectivity index (χ4v) is 5.25. The Hall–Kier alpha value is -3.08. The predicted molar refractivity (Wildman–Crippen MR) is 144 cm³/mol. The molecule has 2 aromatic carbocycles. The number of piperidine rings is 1. The first kappa shape index (κ1) is 28.9. The van der Waals surface area contributed by atoms with Gasteiger partial charge in [-0.2, -0.15) is 0 Å². The molecule has 1 fully saturated rings. The third kappa shape index (κ3) is 6.57. The van der Waals surface area contributed by atoms with Crippen LogP contribution < -0.4 is 14.4 Å². The molecule has 0 saturated carbocycles. The van der Waals surface area contributed by atoms with Gasteiger partial charge in [0.25, 0.3) is 0 Å². The second kappa shape index (κ2) is 12.4. The summed E-state index contributed by atoms with van der Waals surface area (Å²) in [5.74, 6) is -3.45. The molecule has 212 valence electrons. The summed E-state index contributed by atoms with van der Waals surface area (Å²) in [6.07, 6.45) is 3.60. The van der Waals surface area contributed by atoms with Crippen molar-refractivity contribution in [3.63, 3.8) is 0 Å². The summed E-state index contributed by atoms with van der Waals surface area (Å²) in [5, 5.41) is 22.6. The van der Waals surface area contributed by atoms with E-state index in [1.807, 2.05) is 37.2 Å². The van der Waals surface area contributed by atoms with E-state index in [1.54, 1.807) is 13.3 Å². The number of nitrogens with zero attached hydrogens (tertiary/aromatic N) is 3. The van der Waals surface area contributed by atoms with Crippen LogP contribution in [0.15, 0.2) is 36.5 Å². The van der Waals surface area contributed by atoms with Crippen molar-refractivity contribution in [1.29, 1.82) is 0 Å². The first-order valence-corrected chi connectivity index (χ1v) is 13.1. The van der Waals surface area contributed by atoms with Gasteiger partial charge in [0.2, 0.25) is 0 Å². The smallest absolute Gasteiger partial charge is 0.194 e. The molecule has 1 aliphatic rings. The van der Waals surface area contributed by atoms with Crippen LogP contribution in [0.4, 0.5) is 18.9 Å². The van der Waals surface area contributed by atoms with Crippen LogP contribution in [0.2, 0.25) is 0 Å². The Labute approximate surface area is 226 Å². The highest BCUT2D eigenvalue weighted by Gasteiger charge is 2.35. The van der Waals surface area contributed by atoms with Crippen LogP contribution in [0.1, 0.15) is 37.4 Å². The van der Waals surface area contributed by atoms with Crippen LogP contribution in [-0.4, -0.2) is 74.2 Å². The molecule has 1 saturated heterocycles. The first-order chi connectivity index (χ1) is 18.7. The lowest BCUT2D eigenvalue weighted by atomic mass is 9.74. The number of aromatic nitrogens is 1. The lowest BCUT2D eigenvalue weighted by Crippen LogP contribution is -2.43. The highest BCUT2D eigenvalue weighted by molar-refractivity contribution is 5.88. The molecular formula is C29H36F3N3O4. The van der Waals surface area contributed by atoms with E-state index in [4.69, 9.17) is 9.47 Å². The van der Waals surface area contributed by atoms with E-state index in [0.29, 0.717) is 38.2 Å². The maximum atomic E-state index is 13.4. The van der Waals surface area contributed by atoms with Crippen LogP contribution in [0, 0.1) is 22.9 Å². The third-order valence-electron chi connectivity index (χ3n) is 7.74. The Bertz CT molecular complexity index is 1260. The first-order valence-electron chi connectivity index (χ1n) is 13.1. The van der Waals surface area contributed by atoms with Crippen molar-refractivity contribution < 1.29 is 32.9 Å². The van der Waals surface area contributed by atoms with Gasteiger partial charge in [0.15, 0.2) is 17.5 Å². The number of ether oxygens (including phenoxy) is 2. The summed E-state index contributed by atoms with van der Waals surface area (Å²) < 4.78 is 50.8. The van der Waals surface area contributed by atoms with Crippen molar-refractivity contribution in [2.24, 2.45) is 5.41 Å². The highest BCUT2D eigenvalue weighted by atomic mass is 19.2. The molecule has 3 aromatic rings. The summed E-state index contributed by atoms with van der Waals surface area (Å²) in [7, 11) is 5.43. The van der Waals surface area contributed by atoms with E-state index in [1.165, 1.54) is 0 Å². The number of hydrogen-bond donors (Lipinski definition) is 2. The number of hydrogen-bond acceptors (Lipinski definition) is 7. The van der Waals surface area contributed by atoms with Crippen LogP contribution in [0.3, 0.4) is 0 Å². The zero-order valence-electron chi connectivity index (χ0n) is 22.6. The molecular weight excluding hydrogens is 511 g/mol.